The van der Waals surface area contributed by atoms with Crippen molar-refractivity contribution in [2.45, 2.75) is 33.1 Å². The third-order valence-electron chi connectivity index (χ3n) is 6.47. The monoisotopic (exact) mass is 559 g/mol. The van der Waals surface area contributed by atoms with Crippen LogP contribution in [0, 0.1) is 18.6 Å². The lowest BCUT2D eigenvalue weighted by Crippen LogP contribution is -2.27. The van der Waals surface area contributed by atoms with Crippen LogP contribution in [0.15, 0.2) is 64.9 Å². The molecule has 0 amide bonds. The molecule has 1 aliphatic carbocycles. The second kappa shape index (κ2) is 13.2. The zero-order valence-electron chi connectivity index (χ0n) is 23.8. The van der Waals surface area contributed by atoms with Crippen LogP contribution in [0.25, 0.3) is 33.7 Å². The summed E-state index contributed by atoms with van der Waals surface area (Å²) in [6, 6.07) is 12.1. The van der Waals surface area contributed by atoms with Gasteiger partial charge in [0.2, 0.25) is 5.95 Å². The zero-order valence-corrected chi connectivity index (χ0v) is 23.8. The van der Waals surface area contributed by atoms with Gasteiger partial charge in [-0.05, 0) is 49.2 Å². The Hall–Kier alpha value is -4.60. The van der Waals surface area contributed by atoms with E-state index in [4.69, 9.17) is 4.98 Å². The Morgan fingerprint density at radius 1 is 1.07 bits per heavy atom. The molecule has 4 aromatic rings. The second-order valence-electron chi connectivity index (χ2n) is 9.58. The lowest BCUT2D eigenvalue weighted by atomic mass is 9.98. The number of nitrogens with one attached hydrogen (secondary N) is 3. The van der Waals surface area contributed by atoms with Crippen LogP contribution < -0.4 is 21.5 Å². The number of para-hydroxylation sites is 1. The number of pyridine rings is 1. The van der Waals surface area contributed by atoms with E-state index in [2.05, 4.69) is 32.5 Å². The van der Waals surface area contributed by atoms with E-state index < -0.39 is 22.9 Å². The number of anilines is 1. The van der Waals surface area contributed by atoms with Crippen molar-refractivity contribution in [2.24, 2.45) is 4.99 Å². The summed E-state index contributed by atoms with van der Waals surface area (Å²) in [6.07, 6.45) is 4.50. The number of aliphatic imine (C=N–C) groups is 1. The number of aryl methyl sites for hydroxylation is 1. The maximum absolute atomic E-state index is 14.9. The van der Waals surface area contributed by atoms with Gasteiger partial charge in [-0.2, -0.15) is 4.98 Å². The van der Waals surface area contributed by atoms with Crippen LogP contribution in [0.5, 0.6) is 0 Å². The van der Waals surface area contributed by atoms with Crippen molar-refractivity contribution >= 4 is 28.5 Å². The van der Waals surface area contributed by atoms with Crippen molar-refractivity contribution in [3.05, 3.63) is 88.2 Å². The minimum atomic E-state index is -0.884. The van der Waals surface area contributed by atoms with Crippen LogP contribution in [0.4, 0.5) is 14.7 Å². The Labute approximate surface area is 238 Å². The topological polar surface area (TPSA) is 96.2 Å². The fraction of sp³-hybridized carbons (Fsp3) is 0.290. The first kappa shape index (κ1) is 29.4. The molecule has 1 fully saturated rings. The van der Waals surface area contributed by atoms with Crippen molar-refractivity contribution in [3.63, 3.8) is 0 Å². The maximum Gasteiger partial charge on any atom is 0.256 e. The van der Waals surface area contributed by atoms with Crippen LogP contribution in [0.3, 0.4) is 0 Å². The molecule has 0 bridgehead atoms. The fourth-order valence-corrected chi connectivity index (χ4v) is 4.14. The van der Waals surface area contributed by atoms with E-state index in [1.54, 1.807) is 20.2 Å². The summed E-state index contributed by atoms with van der Waals surface area (Å²) >= 11 is 0. The molecule has 0 saturated heterocycles. The molecule has 1 aliphatic rings. The van der Waals surface area contributed by atoms with Crippen molar-refractivity contribution in [1.29, 1.82) is 0 Å². The number of likely N-dealkylation sites (N-methyl/N-ethyl adjacent to an activating group) is 1. The van der Waals surface area contributed by atoms with Crippen LogP contribution in [0.1, 0.15) is 37.3 Å². The van der Waals surface area contributed by atoms with E-state index in [-0.39, 0.29) is 18.1 Å². The number of nitrogens with zero attached hydrogens (tertiary/aromatic N) is 4. The molecule has 2 aromatic heterocycles. The Balaban J connectivity index is 0.00000121. The number of hydrogen-bond acceptors (Lipinski definition) is 6. The summed E-state index contributed by atoms with van der Waals surface area (Å²) in [7, 11) is 3.38. The molecular weight excluding hydrogens is 524 g/mol. The summed E-state index contributed by atoms with van der Waals surface area (Å²) in [5.74, 6) is -0.966. The lowest BCUT2D eigenvalue weighted by Gasteiger charge is -2.17. The van der Waals surface area contributed by atoms with Crippen molar-refractivity contribution in [2.75, 3.05) is 32.5 Å². The quantitative estimate of drug-likeness (QED) is 0.196. The van der Waals surface area contributed by atoms with Gasteiger partial charge in [-0.3, -0.25) is 14.4 Å². The van der Waals surface area contributed by atoms with Crippen LogP contribution in [-0.4, -0.2) is 47.6 Å². The summed E-state index contributed by atoms with van der Waals surface area (Å²) in [5, 5.41) is 9.74. The van der Waals surface area contributed by atoms with Gasteiger partial charge in [0.05, 0.1) is 12.2 Å². The molecule has 0 spiro atoms. The highest BCUT2D eigenvalue weighted by Gasteiger charge is 2.20. The van der Waals surface area contributed by atoms with Gasteiger partial charge >= 0.3 is 0 Å². The van der Waals surface area contributed by atoms with Gasteiger partial charge in [0.1, 0.15) is 23.2 Å². The molecule has 1 saturated carbocycles. The van der Waals surface area contributed by atoms with E-state index in [9.17, 15) is 13.6 Å². The second-order valence-corrected chi connectivity index (χ2v) is 9.58. The number of fused-ring (bicyclic) bond motifs is 1. The standard InChI is InChI=1S/C28H29F2N7O.C3H6/c1-6-33-17(3)18-11-10-16(2)20(14-18)25-19-12-13-24(38)37(26-21(29)8-7-9-22(26)30)27(19)36-28(35-25)34-15-23(31-4)32-5;1-2-3-1/h7-14,33H,3,6,15H2,1-2,4-5H3,(H,31,32)(H,34,35,36);1-3H2. The third-order valence-corrected chi connectivity index (χ3v) is 6.47. The van der Waals surface area contributed by atoms with Crippen molar-refractivity contribution in [3.8, 4) is 16.9 Å². The highest BCUT2D eigenvalue weighted by Crippen LogP contribution is 2.32. The van der Waals surface area contributed by atoms with Gasteiger partial charge in [-0.25, -0.2) is 13.8 Å². The first-order valence-corrected chi connectivity index (χ1v) is 13.6. The van der Waals surface area contributed by atoms with Gasteiger partial charge in [-0.15, -0.1) is 0 Å². The molecule has 8 nitrogen and oxygen atoms in total. The Kier molecular flexibility index (Phi) is 9.44. The van der Waals surface area contributed by atoms with Gasteiger partial charge in [-0.1, -0.05) is 44.0 Å². The summed E-state index contributed by atoms with van der Waals surface area (Å²) in [6.45, 7) is 9.00. The molecular formula is C31H35F2N7O. The number of halogens is 2. The third kappa shape index (κ3) is 6.77. The smallest absolute Gasteiger partial charge is 0.256 e. The Morgan fingerprint density at radius 2 is 1.78 bits per heavy atom. The molecule has 0 aliphatic heterocycles. The van der Waals surface area contributed by atoms with Gasteiger partial charge in [0.15, 0.2) is 5.65 Å². The molecule has 10 heteroatoms. The average molecular weight is 560 g/mol. The minimum Gasteiger partial charge on any atom is -0.385 e. The fourth-order valence-electron chi connectivity index (χ4n) is 4.14. The van der Waals surface area contributed by atoms with E-state index in [1.165, 1.54) is 31.4 Å². The maximum atomic E-state index is 14.9. The molecule has 5 rings (SSSR count). The molecule has 0 atom stereocenters. The molecule has 214 valence electrons. The highest BCUT2D eigenvalue weighted by atomic mass is 19.1. The highest BCUT2D eigenvalue weighted by molar-refractivity contribution is 5.94. The van der Waals surface area contributed by atoms with Crippen LogP contribution >= 0.6 is 0 Å². The van der Waals surface area contributed by atoms with Crippen LogP contribution in [0.2, 0.25) is 0 Å². The minimum absolute atomic E-state index is 0.0590. The zero-order chi connectivity index (χ0) is 29.5. The number of hydrogen-bond donors (Lipinski definition) is 3. The van der Waals surface area contributed by atoms with Crippen LogP contribution in [-0.2, 0) is 0 Å². The number of aromatic nitrogens is 3. The van der Waals surface area contributed by atoms with Crippen molar-refractivity contribution < 1.29 is 8.78 Å². The summed E-state index contributed by atoms with van der Waals surface area (Å²) < 4.78 is 30.7. The van der Waals surface area contributed by atoms with Gasteiger partial charge < -0.3 is 16.0 Å². The SMILES string of the molecule is C1CC1.C=C(NCC)c1ccc(C)c(-c2nc(NCC(=NC)NC)nc3c2ccc(=O)n3-c2c(F)cccc2F)c1. The number of rotatable bonds is 8. The van der Waals surface area contributed by atoms with Crippen molar-refractivity contribution in [1.82, 2.24) is 25.2 Å². The molecule has 0 radical (unpaired) electrons. The molecule has 0 unspecified atom stereocenters. The number of benzene rings is 2. The average Bonchev–Trinajstić information content (AvgIpc) is 3.84. The predicted molar refractivity (Wildman–Crippen MR) is 163 cm³/mol. The normalized spacial score (nSPS) is 12.4. The van der Waals surface area contributed by atoms with E-state index in [0.29, 0.717) is 23.5 Å². The Bertz CT molecular complexity index is 1640. The Morgan fingerprint density at radius 3 is 2.39 bits per heavy atom. The predicted octanol–water partition coefficient (Wildman–Crippen LogP) is 5.44. The first-order chi connectivity index (χ1) is 19.8. The van der Waals surface area contributed by atoms with Gasteiger partial charge in [0.25, 0.3) is 5.56 Å². The van der Waals surface area contributed by atoms with E-state index in [1.807, 2.05) is 32.0 Å². The van der Waals surface area contributed by atoms with E-state index in [0.717, 1.165) is 39.1 Å². The molecule has 41 heavy (non-hydrogen) atoms. The summed E-state index contributed by atoms with van der Waals surface area (Å²) in [4.78, 5) is 26.5. The summed E-state index contributed by atoms with van der Waals surface area (Å²) in [5.41, 5.74) is 2.69. The first-order valence-electron chi connectivity index (χ1n) is 13.6. The molecule has 2 aromatic carbocycles. The molecule has 2 heterocycles. The van der Waals surface area contributed by atoms with E-state index >= 15 is 0 Å². The largest absolute Gasteiger partial charge is 0.385 e. The lowest BCUT2D eigenvalue weighted by molar-refractivity contribution is 0.568. The number of amidine groups is 1. The molecule has 3 N–H and O–H groups in total. The van der Waals surface area contributed by atoms with Gasteiger partial charge in [0, 0.05) is 43.4 Å².